The molecule has 0 spiro atoms. The van der Waals surface area contributed by atoms with Gasteiger partial charge in [-0.05, 0) is 12.1 Å². The molecule has 7 nitrogen and oxygen atoms in total. The van der Waals surface area contributed by atoms with Crippen LogP contribution < -0.4 is 5.73 Å². The quantitative estimate of drug-likeness (QED) is 0.652. The number of carbonyl (C=O) groups excluding carboxylic acids is 1. The van der Waals surface area contributed by atoms with Gasteiger partial charge in [-0.25, -0.2) is 14.5 Å². The van der Waals surface area contributed by atoms with Crippen molar-refractivity contribution in [2.24, 2.45) is 0 Å². The zero-order valence-electron chi connectivity index (χ0n) is 9.79. The SMILES string of the molecule is COC(=O)c1cc(N)cc(Cl)c1-n1cnc(C#N)n1. The van der Waals surface area contributed by atoms with Gasteiger partial charge in [0.1, 0.15) is 12.4 Å². The van der Waals surface area contributed by atoms with Gasteiger partial charge in [-0.3, -0.25) is 0 Å². The molecule has 0 radical (unpaired) electrons. The van der Waals surface area contributed by atoms with E-state index in [0.29, 0.717) is 5.69 Å². The molecule has 1 aromatic heterocycles. The molecule has 2 N–H and O–H groups in total. The zero-order valence-corrected chi connectivity index (χ0v) is 10.5. The second kappa shape index (κ2) is 4.96. The lowest BCUT2D eigenvalue weighted by atomic mass is 10.1. The van der Waals surface area contributed by atoms with E-state index in [1.165, 1.54) is 30.3 Å². The Morgan fingerprint density at radius 2 is 2.32 bits per heavy atom. The van der Waals surface area contributed by atoms with Gasteiger partial charge in [0.05, 0.1) is 23.4 Å². The fraction of sp³-hybridized carbons (Fsp3) is 0.0909. The Bertz CT molecular complexity index is 689. The van der Waals surface area contributed by atoms with Gasteiger partial charge >= 0.3 is 5.97 Å². The minimum atomic E-state index is -0.613. The third kappa shape index (κ3) is 2.34. The maximum Gasteiger partial charge on any atom is 0.340 e. The van der Waals surface area contributed by atoms with Crippen LogP contribution >= 0.6 is 11.6 Å². The van der Waals surface area contributed by atoms with Crippen molar-refractivity contribution in [1.82, 2.24) is 14.8 Å². The molecule has 0 aliphatic heterocycles. The molecule has 0 unspecified atom stereocenters. The van der Waals surface area contributed by atoms with E-state index in [1.807, 2.05) is 0 Å². The molecule has 0 aliphatic carbocycles. The average molecular weight is 278 g/mol. The van der Waals surface area contributed by atoms with Crippen LogP contribution in [-0.4, -0.2) is 27.8 Å². The summed E-state index contributed by atoms with van der Waals surface area (Å²) in [6.45, 7) is 0. The van der Waals surface area contributed by atoms with Crippen LogP contribution in [0.25, 0.3) is 5.69 Å². The van der Waals surface area contributed by atoms with Gasteiger partial charge in [0.2, 0.25) is 0 Å². The van der Waals surface area contributed by atoms with Crippen molar-refractivity contribution in [3.63, 3.8) is 0 Å². The average Bonchev–Trinajstić information content (AvgIpc) is 2.85. The summed E-state index contributed by atoms with van der Waals surface area (Å²) in [6.07, 6.45) is 1.28. The number of nitriles is 1. The number of carbonyl (C=O) groups is 1. The Kier molecular flexibility index (Phi) is 3.35. The van der Waals surface area contributed by atoms with Crippen molar-refractivity contribution in [1.29, 1.82) is 5.26 Å². The number of aromatic nitrogens is 3. The number of hydrogen-bond donors (Lipinski definition) is 1. The van der Waals surface area contributed by atoms with Crippen LogP contribution in [0.15, 0.2) is 18.5 Å². The van der Waals surface area contributed by atoms with Gasteiger partial charge in [0.15, 0.2) is 0 Å². The molecule has 0 saturated heterocycles. The maximum atomic E-state index is 11.7. The van der Waals surface area contributed by atoms with Gasteiger partial charge in [-0.2, -0.15) is 5.26 Å². The number of methoxy groups -OCH3 is 1. The van der Waals surface area contributed by atoms with E-state index < -0.39 is 5.97 Å². The van der Waals surface area contributed by atoms with Crippen molar-refractivity contribution >= 4 is 23.3 Å². The fourth-order valence-corrected chi connectivity index (χ4v) is 1.85. The largest absolute Gasteiger partial charge is 0.465 e. The Morgan fingerprint density at radius 3 is 2.89 bits per heavy atom. The lowest BCUT2D eigenvalue weighted by molar-refractivity contribution is 0.0600. The molecular formula is C11H8ClN5O2. The lowest BCUT2D eigenvalue weighted by Crippen LogP contribution is -2.10. The fourth-order valence-electron chi connectivity index (χ4n) is 1.54. The Morgan fingerprint density at radius 1 is 1.58 bits per heavy atom. The summed E-state index contributed by atoms with van der Waals surface area (Å²) < 4.78 is 5.89. The number of nitrogens with two attached hydrogens (primary N) is 1. The number of benzene rings is 1. The molecule has 19 heavy (non-hydrogen) atoms. The monoisotopic (exact) mass is 277 g/mol. The first-order valence-corrected chi connectivity index (χ1v) is 5.44. The third-order valence-electron chi connectivity index (χ3n) is 2.31. The molecule has 2 aromatic rings. The Balaban J connectivity index is 2.67. The minimum Gasteiger partial charge on any atom is -0.465 e. The maximum absolute atomic E-state index is 11.7. The van der Waals surface area contributed by atoms with E-state index in [9.17, 15) is 4.79 Å². The second-order valence-corrected chi connectivity index (χ2v) is 3.92. The molecule has 0 aliphatic rings. The number of anilines is 1. The highest BCUT2D eigenvalue weighted by atomic mass is 35.5. The van der Waals surface area contributed by atoms with Gasteiger partial charge < -0.3 is 10.5 Å². The second-order valence-electron chi connectivity index (χ2n) is 3.52. The molecule has 8 heteroatoms. The summed E-state index contributed by atoms with van der Waals surface area (Å²) in [7, 11) is 1.24. The molecule has 0 amide bonds. The number of hydrogen-bond acceptors (Lipinski definition) is 6. The van der Waals surface area contributed by atoms with E-state index in [2.05, 4.69) is 14.8 Å². The van der Waals surface area contributed by atoms with Gasteiger partial charge in [0, 0.05) is 5.69 Å². The standard InChI is InChI=1S/C11H8ClN5O2/c1-19-11(18)7-2-6(14)3-8(12)10(7)17-5-15-9(4-13)16-17/h2-3,5H,14H2,1H3. The van der Waals surface area contributed by atoms with Crippen LogP contribution in [0.5, 0.6) is 0 Å². The molecule has 1 aromatic carbocycles. The van der Waals surface area contributed by atoms with E-state index in [1.54, 1.807) is 6.07 Å². The van der Waals surface area contributed by atoms with Crippen molar-refractivity contribution < 1.29 is 9.53 Å². The first kappa shape index (κ1) is 12.9. The number of halogens is 1. The van der Waals surface area contributed by atoms with Crippen LogP contribution in [0.2, 0.25) is 5.02 Å². The summed E-state index contributed by atoms with van der Waals surface area (Å²) in [5.41, 5.74) is 6.36. The van der Waals surface area contributed by atoms with Crippen LogP contribution in [0.3, 0.4) is 0 Å². The third-order valence-corrected chi connectivity index (χ3v) is 2.60. The molecule has 1 heterocycles. The topological polar surface area (TPSA) is 107 Å². The molecule has 2 rings (SSSR count). The lowest BCUT2D eigenvalue weighted by Gasteiger charge is -2.10. The van der Waals surface area contributed by atoms with Crippen LogP contribution in [0.4, 0.5) is 5.69 Å². The summed E-state index contributed by atoms with van der Waals surface area (Å²) in [5, 5.41) is 12.8. The summed E-state index contributed by atoms with van der Waals surface area (Å²) in [5.74, 6) is -0.651. The Hall–Kier alpha value is -2.59. The van der Waals surface area contributed by atoms with E-state index >= 15 is 0 Å². The summed E-state index contributed by atoms with van der Waals surface area (Å²) >= 11 is 6.06. The molecular weight excluding hydrogens is 270 g/mol. The van der Waals surface area contributed by atoms with Gasteiger partial charge in [-0.1, -0.05) is 11.6 Å². The number of nitrogen functional groups attached to an aromatic ring is 1. The zero-order chi connectivity index (χ0) is 14.0. The van der Waals surface area contributed by atoms with Gasteiger partial charge in [-0.15, -0.1) is 5.10 Å². The number of nitrogens with zero attached hydrogens (tertiary/aromatic N) is 4. The number of ether oxygens (including phenoxy) is 1. The van der Waals surface area contributed by atoms with Crippen molar-refractivity contribution in [3.8, 4) is 11.8 Å². The number of rotatable bonds is 2. The Labute approximate surface area is 113 Å². The molecule has 0 bridgehead atoms. The van der Waals surface area contributed by atoms with E-state index in [0.717, 1.165) is 0 Å². The van der Waals surface area contributed by atoms with E-state index in [-0.39, 0.29) is 22.1 Å². The smallest absolute Gasteiger partial charge is 0.340 e. The summed E-state index contributed by atoms with van der Waals surface area (Å²) in [6, 6.07) is 4.67. The van der Waals surface area contributed by atoms with Gasteiger partial charge in [0.25, 0.3) is 5.82 Å². The molecule has 0 saturated carbocycles. The summed E-state index contributed by atoms with van der Waals surface area (Å²) in [4.78, 5) is 15.5. The molecule has 96 valence electrons. The van der Waals surface area contributed by atoms with Crippen LogP contribution in [0, 0.1) is 11.3 Å². The van der Waals surface area contributed by atoms with Crippen molar-refractivity contribution in [2.45, 2.75) is 0 Å². The highest BCUT2D eigenvalue weighted by Crippen LogP contribution is 2.27. The predicted octanol–water partition coefficient (Wildman–Crippen LogP) is 1.16. The normalized spacial score (nSPS) is 9.95. The minimum absolute atomic E-state index is 0.0382. The molecule has 0 atom stereocenters. The highest BCUT2D eigenvalue weighted by molar-refractivity contribution is 6.33. The first-order chi connectivity index (χ1) is 9.06. The van der Waals surface area contributed by atoms with Crippen molar-refractivity contribution in [2.75, 3.05) is 12.8 Å². The van der Waals surface area contributed by atoms with Crippen molar-refractivity contribution in [3.05, 3.63) is 34.9 Å². The molecule has 0 fully saturated rings. The van der Waals surface area contributed by atoms with Crippen LogP contribution in [-0.2, 0) is 4.74 Å². The first-order valence-electron chi connectivity index (χ1n) is 5.06. The van der Waals surface area contributed by atoms with E-state index in [4.69, 9.17) is 22.6 Å². The predicted molar refractivity (Wildman–Crippen MR) is 66.8 cm³/mol. The highest BCUT2D eigenvalue weighted by Gasteiger charge is 2.19. The van der Waals surface area contributed by atoms with Crippen LogP contribution in [0.1, 0.15) is 16.2 Å². The number of esters is 1.